The highest BCUT2D eigenvalue weighted by Crippen LogP contribution is 2.23. The molecule has 16 heavy (non-hydrogen) atoms. The van der Waals surface area contributed by atoms with Crippen LogP contribution in [0, 0.1) is 5.92 Å². The van der Waals surface area contributed by atoms with Crippen molar-refractivity contribution in [2.45, 2.75) is 20.4 Å². The molecule has 2 aromatic heterocycles. The summed E-state index contributed by atoms with van der Waals surface area (Å²) < 4.78 is 3.64. The molecule has 0 aliphatic heterocycles. The van der Waals surface area contributed by atoms with Crippen LogP contribution in [-0.2, 0) is 13.6 Å². The maximum Gasteiger partial charge on any atom is 0.118 e. The van der Waals surface area contributed by atoms with E-state index in [4.69, 9.17) is 5.73 Å². The van der Waals surface area contributed by atoms with Gasteiger partial charge in [0.1, 0.15) is 5.69 Å². The van der Waals surface area contributed by atoms with E-state index in [9.17, 15) is 0 Å². The van der Waals surface area contributed by atoms with Crippen molar-refractivity contribution in [1.29, 1.82) is 0 Å². The van der Waals surface area contributed by atoms with Crippen molar-refractivity contribution in [2.75, 3.05) is 5.73 Å². The Bertz CT molecular complexity index is 480. The molecule has 2 heterocycles. The molecule has 2 aromatic rings. The summed E-state index contributed by atoms with van der Waals surface area (Å²) in [6, 6.07) is 0. The Morgan fingerprint density at radius 2 is 2.12 bits per heavy atom. The minimum Gasteiger partial charge on any atom is -0.396 e. The summed E-state index contributed by atoms with van der Waals surface area (Å²) in [6.07, 6.45) is 5.57. The first-order valence-corrected chi connectivity index (χ1v) is 5.38. The first kappa shape index (κ1) is 10.7. The van der Waals surface area contributed by atoms with Crippen molar-refractivity contribution < 1.29 is 0 Å². The van der Waals surface area contributed by atoms with Gasteiger partial charge in [0.05, 0.1) is 11.9 Å². The lowest BCUT2D eigenvalue weighted by Gasteiger charge is -2.03. The highest BCUT2D eigenvalue weighted by atomic mass is 15.3. The smallest absolute Gasteiger partial charge is 0.118 e. The minimum absolute atomic E-state index is 0.557. The Morgan fingerprint density at radius 3 is 2.69 bits per heavy atom. The first-order chi connectivity index (χ1) is 7.56. The molecule has 2 N–H and O–H groups in total. The molecule has 5 nitrogen and oxygen atoms in total. The van der Waals surface area contributed by atoms with Gasteiger partial charge in [-0.25, -0.2) is 0 Å². The number of nitrogens with two attached hydrogens (primary N) is 1. The molecule has 0 fully saturated rings. The van der Waals surface area contributed by atoms with E-state index in [1.54, 1.807) is 10.9 Å². The van der Waals surface area contributed by atoms with Gasteiger partial charge in [-0.1, -0.05) is 13.8 Å². The molecule has 0 aliphatic rings. The Hall–Kier alpha value is -1.78. The SMILES string of the molecule is CC(C)Cn1cc(N)c(-c2cnn(C)c2)n1. The van der Waals surface area contributed by atoms with E-state index in [1.165, 1.54) is 0 Å². The van der Waals surface area contributed by atoms with Gasteiger partial charge in [0.15, 0.2) is 0 Å². The zero-order chi connectivity index (χ0) is 11.7. The third-order valence-corrected chi connectivity index (χ3v) is 2.32. The van der Waals surface area contributed by atoms with Gasteiger partial charge in [0.25, 0.3) is 0 Å². The third kappa shape index (κ3) is 2.08. The molecular formula is C11H17N5. The molecular weight excluding hydrogens is 202 g/mol. The van der Waals surface area contributed by atoms with Crippen LogP contribution in [0.15, 0.2) is 18.6 Å². The van der Waals surface area contributed by atoms with E-state index in [2.05, 4.69) is 24.0 Å². The molecule has 0 aliphatic carbocycles. The predicted molar refractivity (Wildman–Crippen MR) is 63.7 cm³/mol. The quantitative estimate of drug-likeness (QED) is 0.851. The normalized spacial score (nSPS) is 11.2. The van der Waals surface area contributed by atoms with E-state index >= 15 is 0 Å². The lowest BCUT2D eigenvalue weighted by molar-refractivity contribution is 0.484. The summed E-state index contributed by atoms with van der Waals surface area (Å²) in [7, 11) is 1.88. The number of anilines is 1. The third-order valence-electron chi connectivity index (χ3n) is 2.32. The Morgan fingerprint density at radius 1 is 1.38 bits per heavy atom. The second-order valence-corrected chi connectivity index (χ2v) is 4.45. The summed E-state index contributed by atoms with van der Waals surface area (Å²) >= 11 is 0. The van der Waals surface area contributed by atoms with Crippen LogP contribution in [-0.4, -0.2) is 19.6 Å². The van der Waals surface area contributed by atoms with Crippen molar-refractivity contribution in [3.8, 4) is 11.3 Å². The minimum atomic E-state index is 0.557. The maximum absolute atomic E-state index is 5.94. The van der Waals surface area contributed by atoms with Crippen molar-refractivity contribution in [1.82, 2.24) is 19.6 Å². The molecule has 0 radical (unpaired) electrons. The fourth-order valence-electron chi connectivity index (χ4n) is 1.67. The predicted octanol–water partition coefficient (Wildman–Crippen LogP) is 1.52. The van der Waals surface area contributed by atoms with Crippen LogP contribution in [0.1, 0.15) is 13.8 Å². The molecule has 0 atom stereocenters. The number of hydrogen-bond acceptors (Lipinski definition) is 3. The Labute approximate surface area is 94.9 Å². The number of aryl methyl sites for hydroxylation is 1. The standard InChI is InChI=1S/C11H17N5/c1-8(2)5-16-7-10(12)11(14-16)9-4-13-15(3)6-9/h4,6-8H,5,12H2,1-3H3. The summed E-state index contributed by atoms with van der Waals surface area (Å²) in [5, 5.41) is 8.59. The van der Waals surface area contributed by atoms with Crippen LogP contribution < -0.4 is 5.73 Å². The zero-order valence-corrected chi connectivity index (χ0v) is 9.88. The van der Waals surface area contributed by atoms with E-state index in [-0.39, 0.29) is 0 Å². The van der Waals surface area contributed by atoms with Crippen LogP contribution >= 0.6 is 0 Å². The summed E-state index contributed by atoms with van der Waals surface area (Å²) in [4.78, 5) is 0. The highest BCUT2D eigenvalue weighted by molar-refractivity contribution is 5.70. The number of nitrogen functional groups attached to an aromatic ring is 1. The first-order valence-electron chi connectivity index (χ1n) is 5.38. The molecule has 5 heteroatoms. The lowest BCUT2D eigenvalue weighted by Crippen LogP contribution is -2.04. The summed E-state index contributed by atoms with van der Waals surface area (Å²) in [6.45, 7) is 5.19. The highest BCUT2D eigenvalue weighted by Gasteiger charge is 2.10. The van der Waals surface area contributed by atoms with Crippen molar-refractivity contribution >= 4 is 5.69 Å². The van der Waals surface area contributed by atoms with Gasteiger partial charge < -0.3 is 5.73 Å². The van der Waals surface area contributed by atoms with Crippen LogP contribution in [0.2, 0.25) is 0 Å². The van der Waals surface area contributed by atoms with E-state index in [0.29, 0.717) is 11.6 Å². The second-order valence-electron chi connectivity index (χ2n) is 4.45. The Kier molecular flexibility index (Phi) is 2.68. The summed E-state index contributed by atoms with van der Waals surface area (Å²) in [5.74, 6) is 0.557. The topological polar surface area (TPSA) is 61.7 Å². The van der Waals surface area contributed by atoms with E-state index < -0.39 is 0 Å². The molecule has 0 bridgehead atoms. The molecule has 2 rings (SSSR count). The molecule has 0 aromatic carbocycles. The number of aromatic nitrogens is 4. The number of nitrogens with zero attached hydrogens (tertiary/aromatic N) is 4. The van der Waals surface area contributed by atoms with Gasteiger partial charge in [0, 0.05) is 31.5 Å². The van der Waals surface area contributed by atoms with Gasteiger partial charge in [-0.05, 0) is 5.92 Å². The molecule has 0 saturated heterocycles. The second kappa shape index (κ2) is 4.00. The van der Waals surface area contributed by atoms with E-state index in [1.807, 2.05) is 24.1 Å². The van der Waals surface area contributed by atoms with Crippen molar-refractivity contribution in [3.05, 3.63) is 18.6 Å². The lowest BCUT2D eigenvalue weighted by atomic mass is 10.2. The molecule has 0 unspecified atom stereocenters. The van der Waals surface area contributed by atoms with Crippen LogP contribution in [0.25, 0.3) is 11.3 Å². The monoisotopic (exact) mass is 219 g/mol. The van der Waals surface area contributed by atoms with Crippen LogP contribution in [0.3, 0.4) is 0 Å². The van der Waals surface area contributed by atoms with Gasteiger partial charge >= 0.3 is 0 Å². The number of hydrogen-bond donors (Lipinski definition) is 1. The average molecular weight is 219 g/mol. The van der Waals surface area contributed by atoms with Crippen LogP contribution in [0.5, 0.6) is 0 Å². The summed E-state index contributed by atoms with van der Waals surface area (Å²) in [5.41, 5.74) is 8.41. The molecule has 0 amide bonds. The average Bonchev–Trinajstić information content (AvgIpc) is 2.72. The zero-order valence-electron chi connectivity index (χ0n) is 9.88. The molecule has 86 valence electrons. The van der Waals surface area contributed by atoms with Crippen LogP contribution in [0.4, 0.5) is 5.69 Å². The Balaban J connectivity index is 2.31. The van der Waals surface area contributed by atoms with Gasteiger partial charge in [-0.3, -0.25) is 9.36 Å². The van der Waals surface area contributed by atoms with Crippen molar-refractivity contribution in [2.24, 2.45) is 13.0 Å². The maximum atomic E-state index is 5.94. The number of rotatable bonds is 3. The fourth-order valence-corrected chi connectivity index (χ4v) is 1.67. The largest absolute Gasteiger partial charge is 0.396 e. The van der Waals surface area contributed by atoms with Gasteiger partial charge in [0.2, 0.25) is 0 Å². The van der Waals surface area contributed by atoms with E-state index in [0.717, 1.165) is 17.8 Å². The fraction of sp³-hybridized carbons (Fsp3) is 0.455. The van der Waals surface area contributed by atoms with Gasteiger partial charge in [-0.15, -0.1) is 0 Å². The van der Waals surface area contributed by atoms with Crippen molar-refractivity contribution in [3.63, 3.8) is 0 Å². The molecule has 0 spiro atoms. The molecule has 0 saturated carbocycles. The van der Waals surface area contributed by atoms with Gasteiger partial charge in [-0.2, -0.15) is 10.2 Å².